The van der Waals surface area contributed by atoms with E-state index in [0.717, 1.165) is 0 Å². The Hall–Kier alpha value is -1.20. The molecular formula is C10H15NO4. The molecule has 1 atom stereocenters. The SMILES string of the molecule is COCCOCC(C)N1C(=O)C=CC1=O. The molecule has 0 saturated carbocycles. The van der Waals surface area contributed by atoms with Gasteiger partial charge in [-0.2, -0.15) is 0 Å². The topological polar surface area (TPSA) is 55.8 Å². The summed E-state index contributed by atoms with van der Waals surface area (Å²) in [6.45, 7) is 3.08. The molecule has 1 aliphatic rings. The molecule has 0 saturated heterocycles. The molecule has 0 aromatic rings. The maximum absolute atomic E-state index is 11.3. The standard InChI is InChI=1S/C10H15NO4/c1-8(7-15-6-5-14-2)11-9(12)3-4-10(11)13/h3-4,8H,5-7H2,1-2H3. The Morgan fingerprint density at radius 3 is 2.40 bits per heavy atom. The Balaban J connectivity index is 2.31. The summed E-state index contributed by atoms with van der Waals surface area (Å²) in [6, 6.07) is -0.239. The van der Waals surface area contributed by atoms with Crippen molar-refractivity contribution in [2.24, 2.45) is 0 Å². The van der Waals surface area contributed by atoms with Crippen molar-refractivity contribution in [2.75, 3.05) is 26.9 Å². The van der Waals surface area contributed by atoms with Gasteiger partial charge >= 0.3 is 0 Å². The average molecular weight is 213 g/mol. The number of ether oxygens (including phenoxy) is 2. The van der Waals surface area contributed by atoms with Gasteiger partial charge in [-0.05, 0) is 6.92 Å². The second-order valence-corrected chi connectivity index (χ2v) is 3.30. The van der Waals surface area contributed by atoms with E-state index in [0.29, 0.717) is 19.8 Å². The zero-order valence-corrected chi connectivity index (χ0v) is 8.93. The van der Waals surface area contributed by atoms with E-state index in [2.05, 4.69) is 0 Å². The third-order valence-electron chi connectivity index (χ3n) is 2.07. The molecule has 0 radical (unpaired) electrons. The first-order valence-corrected chi connectivity index (χ1v) is 4.78. The number of hydrogen-bond donors (Lipinski definition) is 0. The van der Waals surface area contributed by atoms with Gasteiger partial charge in [0.15, 0.2) is 0 Å². The van der Waals surface area contributed by atoms with Gasteiger partial charge in [-0.25, -0.2) is 0 Å². The van der Waals surface area contributed by atoms with Crippen LogP contribution in [0.5, 0.6) is 0 Å². The van der Waals surface area contributed by atoms with Gasteiger partial charge in [0, 0.05) is 19.3 Å². The number of rotatable bonds is 6. The van der Waals surface area contributed by atoms with Crippen molar-refractivity contribution in [1.29, 1.82) is 0 Å². The predicted octanol–water partition coefficient (Wildman–Crippen LogP) is -0.0371. The van der Waals surface area contributed by atoms with Gasteiger partial charge in [-0.15, -0.1) is 0 Å². The molecule has 0 aromatic carbocycles. The zero-order valence-electron chi connectivity index (χ0n) is 8.93. The van der Waals surface area contributed by atoms with E-state index < -0.39 is 0 Å². The van der Waals surface area contributed by atoms with E-state index >= 15 is 0 Å². The van der Waals surface area contributed by atoms with Crippen LogP contribution in [0.25, 0.3) is 0 Å². The van der Waals surface area contributed by atoms with Crippen LogP contribution in [0.15, 0.2) is 12.2 Å². The van der Waals surface area contributed by atoms with Gasteiger partial charge < -0.3 is 9.47 Å². The number of imide groups is 1. The highest BCUT2D eigenvalue weighted by Gasteiger charge is 2.28. The molecule has 0 fully saturated rings. The van der Waals surface area contributed by atoms with E-state index in [4.69, 9.17) is 9.47 Å². The smallest absolute Gasteiger partial charge is 0.253 e. The van der Waals surface area contributed by atoms with Crippen LogP contribution in [0, 0.1) is 0 Å². The Labute approximate surface area is 88.6 Å². The second kappa shape index (κ2) is 5.63. The first-order valence-electron chi connectivity index (χ1n) is 4.78. The minimum absolute atomic E-state index is 0.239. The van der Waals surface area contributed by atoms with Crippen LogP contribution in [-0.2, 0) is 19.1 Å². The van der Waals surface area contributed by atoms with Crippen LogP contribution in [0.3, 0.4) is 0 Å². The lowest BCUT2D eigenvalue weighted by Crippen LogP contribution is -2.41. The number of carbonyl (C=O) groups excluding carboxylic acids is 2. The molecule has 1 unspecified atom stereocenters. The first-order chi connectivity index (χ1) is 7.16. The van der Waals surface area contributed by atoms with E-state index in [1.807, 2.05) is 0 Å². The highest BCUT2D eigenvalue weighted by molar-refractivity contribution is 6.13. The zero-order chi connectivity index (χ0) is 11.3. The number of nitrogens with zero attached hydrogens (tertiary/aromatic N) is 1. The lowest BCUT2D eigenvalue weighted by Gasteiger charge is -2.22. The van der Waals surface area contributed by atoms with Gasteiger partial charge in [0.2, 0.25) is 0 Å². The summed E-state index contributed by atoms with van der Waals surface area (Å²) in [5.74, 6) is -0.550. The van der Waals surface area contributed by atoms with Crippen LogP contribution in [0.1, 0.15) is 6.92 Å². The molecule has 1 rings (SSSR count). The van der Waals surface area contributed by atoms with Crippen LogP contribution in [-0.4, -0.2) is 49.7 Å². The van der Waals surface area contributed by atoms with Crippen molar-refractivity contribution >= 4 is 11.8 Å². The van der Waals surface area contributed by atoms with Crippen molar-refractivity contribution < 1.29 is 19.1 Å². The molecule has 0 N–H and O–H groups in total. The average Bonchev–Trinajstić information content (AvgIpc) is 2.53. The molecular weight excluding hydrogens is 198 g/mol. The van der Waals surface area contributed by atoms with E-state index in [9.17, 15) is 9.59 Å². The van der Waals surface area contributed by atoms with Gasteiger partial charge in [0.05, 0.1) is 25.9 Å². The Bertz CT molecular complexity index is 257. The Morgan fingerprint density at radius 2 is 1.87 bits per heavy atom. The lowest BCUT2D eigenvalue weighted by atomic mass is 10.3. The minimum Gasteiger partial charge on any atom is -0.382 e. The molecule has 1 aliphatic heterocycles. The fourth-order valence-corrected chi connectivity index (χ4v) is 1.32. The highest BCUT2D eigenvalue weighted by Crippen LogP contribution is 2.08. The van der Waals surface area contributed by atoms with Crippen molar-refractivity contribution in [3.63, 3.8) is 0 Å². The van der Waals surface area contributed by atoms with E-state index in [-0.39, 0.29) is 17.9 Å². The number of hydrogen-bond acceptors (Lipinski definition) is 4. The van der Waals surface area contributed by atoms with Crippen molar-refractivity contribution in [3.8, 4) is 0 Å². The number of amides is 2. The van der Waals surface area contributed by atoms with Crippen LogP contribution in [0.4, 0.5) is 0 Å². The first kappa shape index (κ1) is 11.9. The molecule has 0 aliphatic carbocycles. The Kier molecular flexibility index (Phi) is 4.45. The van der Waals surface area contributed by atoms with Gasteiger partial charge in [-0.1, -0.05) is 0 Å². The predicted molar refractivity (Wildman–Crippen MR) is 53.2 cm³/mol. The molecule has 15 heavy (non-hydrogen) atoms. The normalized spacial score (nSPS) is 17.6. The summed E-state index contributed by atoms with van der Waals surface area (Å²) in [5, 5.41) is 0. The largest absolute Gasteiger partial charge is 0.382 e. The summed E-state index contributed by atoms with van der Waals surface area (Å²) < 4.78 is 10.1. The van der Waals surface area contributed by atoms with E-state index in [1.165, 1.54) is 17.1 Å². The molecule has 2 amide bonds. The van der Waals surface area contributed by atoms with Crippen molar-refractivity contribution in [2.45, 2.75) is 13.0 Å². The third-order valence-corrected chi connectivity index (χ3v) is 2.07. The van der Waals surface area contributed by atoms with Crippen LogP contribution < -0.4 is 0 Å². The highest BCUT2D eigenvalue weighted by atomic mass is 16.5. The summed E-state index contributed by atoms with van der Waals surface area (Å²) in [5.41, 5.74) is 0. The quantitative estimate of drug-likeness (QED) is 0.459. The summed E-state index contributed by atoms with van der Waals surface area (Å²) in [4.78, 5) is 23.7. The molecule has 0 bridgehead atoms. The van der Waals surface area contributed by atoms with E-state index in [1.54, 1.807) is 14.0 Å². The fourth-order valence-electron chi connectivity index (χ4n) is 1.32. The molecule has 5 nitrogen and oxygen atoms in total. The Morgan fingerprint density at radius 1 is 1.27 bits per heavy atom. The van der Waals surface area contributed by atoms with Crippen molar-refractivity contribution in [1.82, 2.24) is 4.90 Å². The monoisotopic (exact) mass is 213 g/mol. The minimum atomic E-state index is -0.275. The van der Waals surface area contributed by atoms with Gasteiger partial charge in [0.25, 0.3) is 11.8 Å². The summed E-state index contributed by atoms with van der Waals surface area (Å²) in [6.07, 6.45) is 2.54. The summed E-state index contributed by atoms with van der Waals surface area (Å²) >= 11 is 0. The second-order valence-electron chi connectivity index (χ2n) is 3.30. The maximum atomic E-state index is 11.3. The van der Waals surface area contributed by atoms with Crippen molar-refractivity contribution in [3.05, 3.63) is 12.2 Å². The van der Waals surface area contributed by atoms with Gasteiger partial charge in [0.1, 0.15) is 0 Å². The van der Waals surface area contributed by atoms with Crippen LogP contribution in [0.2, 0.25) is 0 Å². The molecule has 5 heteroatoms. The maximum Gasteiger partial charge on any atom is 0.253 e. The summed E-state index contributed by atoms with van der Waals surface area (Å²) in [7, 11) is 1.59. The number of methoxy groups -OCH3 is 1. The number of carbonyl (C=O) groups is 2. The lowest BCUT2D eigenvalue weighted by molar-refractivity contribution is -0.140. The fraction of sp³-hybridized carbons (Fsp3) is 0.600. The van der Waals surface area contributed by atoms with Crippen LogP contribution >= 0.6 is 0 Å². The van der Waals surface area contributed by atoms with Gasteiger partial charge in [-0.3, -0.25) is 14.5 Å². The molecule has 1 heterocycles. The molecule has 84 valence electrons. The molecule has 0 spiro atoms. The molecule has 0 aromatic heterocycles. The third kappa shape index (κ3) is 3.14.